The van der Waals surface area contributed by atoms with E-state index in [2.05, 4.69) is 26.0 Å². The van der Waals surface area contributed by atoms with Gasteiger partial charge < -0.3 is 15.5 Å². The van der Waals surface area contributed by atoms with Crippen LogP contribution in [0.2, 0.25) is 0 Å². The molecule has 30 heavy (non-hydrogen) atoms. The van der Waals surface area contributed by atoms with Crippen molar-refractivity contribution in [1.82, 2.24) is 4.72 Å². The smallest absolute Gasteiger partial charge is 0.255 e. The summed E-state index contributed by atoms with van der Waals surface area (Å²) in [5.74, 6) is -2.27. The molecule has 1 saturated carbocycles. The number of halogens is 3. The third-order valence-corrected chi connectivity index (χ3v) is 6.91. The molecule has 1 aliphatic rings. The van der Waals surface area contributed by atoms with Gasteiger partial charge in [-0.15, -0.1) is 0 Å². The molecule has 1 amide bonds. The summed E-state index contributed by atoms with van der Waals surface area (Å²) in [4.78, 5) is 11.7. The molecule has 1 fully saturated rings. The van der Waals surface area contributed by atoms with Gasteiger partial charge in [-0.25, -0.2) is 21.9 Å². The van der Waals surface area contributed by atoms with Gasteiger partial charge in [-0.2, -0.15) is 0 Å². The van der Waals surface area contributed by atoms with Crippen molar-refractivity contribution in [2.24, 2.45) is 0 Å². The molecule has 4 N–H and O–H groups in total. The molecule has 162 valence electrons. The number of hydrogen-bond acceptors (Lipinski definition) is 5. The quantitative estimate of drug-likeness (QED) is 0.499. The average molecular weight is 505 g/mol. The molecule has 3 atom stereocenters. The van der Waals surface area contributed by atoms with Gasteiger partial charge in [0.25, 0.3) is 5.91 Å². The fraction of sp³-hybridized carbons (Fsp3) is 0.316. The number of anilines is 1. The second-order valence-electron chi connectivity index (χ2n) is 6.99. The fourth-order valence-electron chi connectivity index (χ4n) is 3.15. The Kier molecular flexibility index (Phi) is 6.88. The summed E-state index contributed by atoms with van der Waals surface area (Å²) in [6.07, 6.45) is -1.54. The van der Waals surface area contributed by atoms with Crippen molar-refractivity contribution < 1.29 is 32.2 Å². The maximum atomic E-state index is 14.3. The Balaban J connectivity index is 1.79. The SMILES string of the molecule is O=C(Nc1ccc(F)c(Br)c1)c1ccc(F)c(S(=O)(=O)NC2CCC(O)C(O)C2)c1. The summed E-state index contributed by atoms with van der Waals surface area (Å²) >= 11 is 3.00. The molecule has 3 rings (SSSR count). The van der Waals surface area contributed by atoms with E-state index in [1.165, 1.54) is 12.1 Å². The van der Waals surface area contributed by atoms with Crippen LogP contribution in [0.25, 0.3) is 0 Å². The van der Waals surface area contributed by atoms with Crippen LogP contribution in [0.3, 0.4) is 0 Å². The summed E-state index contributed by atoms with van der Waals surface area (Å²) in [5, 5.41) is 21.8. The summed E-state index contributed by atoms with van der Waals surface area (Å²) in [5.41, 5.74) is 0.145. The third-order valence-electron chi connectivity index (χ3n) is 4.76. The van der Waals surface area contributed by atoms with Crippen molar-refractivity contribution in [3.05, 3.63) is 58.1 Å². The van der Waals surface area contributed by atoms with Crippen molar-refractivity contribution in [2.45, 2.75) is 42.4 Å². The van der Waals surface area contributed by atoms with Crippen LogP contribution in [0, 0.1) is 11.6 Å². The summed E-state index contributed by atoms with van der Waals surface area (Å²) < 4.78 is 55.3. The summed E-state index contributed by atoms with van der Waals surface area (Å²) in [7, 11) is -4.33. The van der Waals surface area contributed by atoms with Crippen molar-refractivity contribution in [3.8, 4) is 0 Å². The third kappa shape index (κ3) is 5.22. The number of amides is 1. The van der Waals surface area contributed by atoms with Crippen molar-refractivity contribution in [2.75, 3.05) is 5.32 Å². The number of rotatable bonds is 5. The van der Waals surface area contributed by atoms with E-state index in [9.17, 15) is 32.2 Å². The second-order valence-corrected chi connectivity index (χ2v) is 9.53. The van der Waals surface area contributed by atoms with Crippen LogP contribution in [-0.4, -0.2) is 42.8 Å². The molecule has 0 aliphatic heterocycles. The van der Waals surface area contributed by atoms with Crippen molar-refractivity contribution in [3.63, 3.8) is 0 Å². The maximum absolute atomic E-state index is 14.3. The minimum atomic E-state index is -4.33. The zero-order valence-electron chi connectivity index (χ0n) is 15.5. The monoisotopic (exact) mass is 504 g/mol. The lowest BCUT2D eigenvalue weighted by Crippen LogP contribution is -2.44. The topological polar surface area (TPSA) is 116 Å². The fourth-order valence-corrected chi connectivity index (χ4v) is 4.91. The van der Waals surface area contributed by atoms with Gasteiger partial charge in [-0.3, -0.25) is 4.79 Å². The molecule has 2 aromatic carbocycles. The van der Waals surface area contributed by atoms with E-state index in [1.54, 1.807) is 0 Å². The van der Waals surface area contributed by atoms with E-state index in [1.807, 2.05) is 0 Å². The number of aliphatic hydroxyl groups excluding tert-OH is 2. The molecule has 0 spiro atoms. The average Bonchev–Trinajstić information content (AvgIpc) is 2.67. The highest BCUT2D eigenvalue weighted by atomic mass is 79.9. The lowest BCUT2D eigenvalue weighted by atomic mass is 9.91. The van der Waals surface area contributed by atoms with Crippen molar-refractivity contribution >= 4 is 37.5 Å². The van der Waals surface area contributed by atoms with Gasteiger partial charge in [0.1, 0.15) is 16.5 Å². The van der Waals surface area contributed by atoms with Crippen LogP contribution in [0.15, 0.2) is 45.8 Å². The van der Waals surface area contributed by atoms with E-state index >= 15 is 0 Å². The highest BCUT2D eigenvalue weighted by Crippen LogP contribution is 2.24. The molecule has 2 aromatic rings. The predicted molar refractivity (Wildman–Crippen MR) is 108 cm³/mol. The number of benzene rings is 2. The van der Waals surface area contributed by atoms with Crippen LogP contribution in [0.5, 0.6) is 0 Å². The molecule has 11 heteroatoms. The number of hydrogen-bond donors (Lipinski definition) is 4. The Hall–Kier alpha value is -1.92. The van der Waals surface area contributed by atoms with Gasteiger partial charge in [0.05, 0.1) is 16.7 Å². The molecule has 3 unspecified atom stereocenters. The molecular weight excluding hydrogens is 486 g/mol. The zero-order chi connectivity index (χ0) is 22.1. The number of sulfonamides is 1. The Morgan fingerprint density at radius 3 is 2.40 bits per heavy atom. The number of aliphatic hydroxyl groups is 2. The minimum absolute atomic E-state index is 0.0123. The van der Waals surface area contributed by atoms with E-state index in [0.29, 0.717) is 0 Å². The molecule has 0 heterocycles. The van der Waals surface area contributed by atoms with Crippen LogP contribution in [0.4, 0.5) is 14.5 Å². The largest absolute Gasteiger partial charge is 0.390 e. The van der Waals surface area contributed by atoms with Gasteiger partial charge in [0.2, 0.25) is 10.0 Å². The van der Waals surface area contributed by atoms with E-state index in [-0.39, 0.29) is 35.0 Å². The standard InChI is InChI=1S/C19H19BrF2N2O5S/c20-13-8-11(2-5-14(13)21)23-19(27)10-1-4-15(22)18(7-10)30(28,29)24-12-3-6-16(25)17(26)9-12/h1-2,4-5,7-8,12,16-17,24-26H,3,6,9H2,(H,23,27). The highest BCUT2D eigenvalue weighted by Gasteiger charge is 2.31. The predicted octanol–water partition coefficient (Wildman–Crippen LogP) is 2.53. The highest BCUT2D eigenvalue weighted by molar-refractivity contribution is 9.10. The molecule has 0 bridgehead atoms. The van der Waals surface area contributed by atoms with Crippen LogP contribution in [-0.2, 0) is 10.0 Å². The van der Waals surface area contributed by atoms with E-state index < -0.39 is 50.7 Å². The molecule has 0 radical (unpaired) electrons. The number of nitrogens with one attached hydrogen (secondary N) is 2. The lowest BCUT2D eigenvalue weighted by Gasteiger charge is -2.30. The maximum Gasteiger partial charge on any atom is 0.255 e. The van der Waals surface area contributed by atoms with Gasteiger partial charge in [0, 0.05) is 17.3 Å². The first-order valence-electron chi connectivity index (χ1n) is 9.01. The van der Waals surface area contributed by atoms with Gasteiger partial charge in [-0.05, 0) is 71.6 Å². The lowest BCUT2D eigenvalue weighted by molar-refractivity contribution is -0.0157. The summed E-state index contributed by atoms with van der Waals surface area (Å²) in [6.45, 7) is 0. The van der Waals surface area contributed by atoms with Crippen LogP contribution >= 0.6 is 15.9 Å². The summed E-state index contributed by atoms with van der Waals surface area (Å²) in [6, 6.07) is 6.01. The molecular formula is C19H19BrF2N2O5S. The van der Waals surface area contributed by atoms with Crippen molar-refractivity contribution in [1.29, 1.82) is 0 Å². The normalized spacial score (nSPS) is 22.0. The Morgan fingerprint density at radius 2 is 1.73 bits per heavy atom. The zero-order valence-corrected chi connectivity index (χ0v) is 17.9. The Morgan fingerprint density at radius 1 is 1.03 bits per heavy atom. The van der Waals surface area contributed by atoms with Gasteiger partial charge in [0.15, 0.2) is 0 Å². The number of carbonyl (C=O) groups excluding carboxylic acids is 1. The first kappa shape index (κ1) is 22.8. The minimum Gasteiger partial charge on any atom is -0.390 e. The Labute approximate surface area is 180 Å². The molecule has 0 saturated heterocycles. The van der Waals surface area contributed by atoms with Crippen LogP contribution < -0.4 is 10.0 Å². The molecule has 0 aromatic heterocycles. The first-order valence-corrected chi connectivity index (χ1v) is 11.3. The van der Waals surface area contributed by atoms with Gasteiger partial charge in [-0.1, -0.05) is 0 Å². The Bertz CT molecular complexity index is 1070. The molecule has 1 aliphatic carbocycles. The van der Waals surface area contributed by atoms with E-state index in [0.717, 1.165) is 24.3 Å². The molecule has 7 nitrogen and oxygen atoms in total. The van der Waals surface area contributed by atoms with Crippen LogP contribution in [0.1, 0.15) is 29.6 Å². The van der Waals surface area contributed by atoms with Gasteiger partial charge >= 0.3 is 0 Å². The van der Waals surface area contributed by atoms with E-state index in [4.69, 9.17) is 0 Å². The first-order chi connectivity index (χ1) is 14.1. The number of carbonyl (C=O) groups is 1. The second kappa shape index (κ2) is 9.06.